The zero-order valence-corrected chi connectivity index (χ0v) is 10.1. The highest BCUT2D eigenvalue weighted by Gasteiger charge is 2.17. The molecule has 1 heterocycles. The lowest BCUT2D eigenvalue weighted by atomic mass is 10.1. The average molecular weight is 223 g/mol. The van der Waals surface area contributed by atoms with Gasteiger partial charge in [0.05, 0.1) is 17.8 Å². The molecule has 1 aromatic rings. The van der Waals surface area contributed by atoms with Gasteiger partial charge < -0.3 is 5.32 Å². The number of carbonyl (C=O) groups is 2. The van der Waals surface area contributed by atoms with Crippen LogP contribution in [0.1, 0.15) is 36.3 Å². The van der Waals surface area contributed by atoms with E-state index in [1.807, 2.05) is 6.92 Å². The molecule has 5 nitrogen and oxygen atoms in total. The second-order valence-electron chi connectivity index (χ2n) is 3.78. The van der Waals surface area contributed by atoms with Crippen LogP contribution in [0.4, 0.5) is 0 Å². The summed E-state index contributed by atoms with van der Waals surface area (Å²) in [4.78, 5) is 23.1. The van der Waals surface area contributed by atoms with E-state index >= 15 is 0 Å². The number of rotatable bonds is 4. The van der Waals surface area contributed by atoms with Crippen molar-refractivity contribution in [3.63, 3.8) is 0 Å². The zero-order chi connectivity index (χ0) is 12.3. The lowest BCUT2D eigenvalue weighted by Gasteiger charge is -2.11. The molecule has 0 spiro atoms. The Morgan fingerprint density at radius 3 is 2.62 bits per heavy atom. The molecule has 16 heavy (non-hydrogen) atoms. The highest BCUT2D eigenvalue weighted by molar-refractivity contribution is 5.98. The summed E-state index contributed by atoms with van der Waals surface area (Å²) in [5.74, 6) is -0.227. The maximum atomic E-state index is 11.8. The molecule has 1 atom stereocenters. The molecule has 0 aliphatic heterocycles. The minimum atomic E-state index is -0.447. The van der Waals surface area contributed by atoms with Crippen molar-refractivity contribution in [2.45, 2.75) is 33.2 Å². The fourth-order valence-corrected chi connectivity index (χ4v) is 1.38. The van der Waals surface area contributed by atoms with Crippen LogP contribution < -0.4 is 5.32 Å². The van der Waals surface area contributed by atoms with Crippen molar-refractivity contribution >= 4 is 11.7 Å². The number of aryl methyl sites for hydroxylation is 1. The van der Waals surface area contributed by atoms with E-state index < -0.39 is 6.04 Å². The van der Waals surface area contributed by atoms with E-state index in [1.54, 1.807) is 25.6 Å². The fraction of sp³-hybridized carbons (Fsp3) is 0.545. The second-order valence-corrected chi connectivity index (χ2v) is 3.78. The second kappa shape index (κ2) is 4.92. The number of Topliss-reactive ketones (excluding diaryl/α,β-unsaturated/α-hetero) is 1. The smallest absolute Gasteiger partial charge is 0.255 e. The fourth-order valence-electron chi connectivity index (χ4n) is 1.38. The van der Waals surface area contributed by atoms with Gasteiger partial charge in [-0.05, 0) is 13.8 Å². The van der Waals surface area contributed by atoms with Gasteiger partial charge in [-0.2, -0.15) is 5.10 Å². The van der Waals surface area contributed by atoms with Crippen LogP contribution in [0, 0.1) is 6.92 Å². The third kappa shape index (κ3) is 2.48. The number of nitrogens with zero attached hydrogens (tertiary/aromatic N) is 2. The summed E-state index contributed by atoms with van der Waals surface area (Å²) < 4.78 is 1.63. The normalized spacial score (nSPS) is 12.2. The van der Waals surface area contributed by atoms with Gasteiger partial charge >= 0.3 is 0 Å². The third-order valence-corrected chi connectivity index (χ3v) is 2.66. The van der Waals surface area contributed by atoms with Crippen LogP contribution in [0.5, 0.6) is 0 Å². The summed E-state index contributed by atoms with van der Waals surface area (Å²) in [7, 11) is 1.77. The Bertz CT molecular complexity index is 409. The Morgan fingerprint density at radius 2 is 2.19 bits per heavy atom. The molecule has 0 saturated heterocycles. The molecule has 88 valence electrons. The highest BCUT2D eigenvalue weighted by atomic mass is 16.2. The molecule has 1 unspecified atom stereocenters. The van der Waals surface area contributed by atoms with Gasteiger partial charge in [0.1, 0.15) is 0 Å². The van der Waals surface area contributed by atoms with Crippen LogP contribution in [0.25, 0.3) is 0 Å². The van der Waals surface area contributed by atoms with Crippen molar-refractivity contribution in [3.8, 4) is 0 Å². The zero-order valence-electron chi connectivity index (χ0n) is 10.1. The molecule has 0 bridgehead atoms. The molecule has 5 heteroatoms. The Hall–Kier alpha value is -1.65. The molecule has 1 amide bonds. The van der Waals surface area contributed by atoms with Gasteiger partial charge in [0.2, 0.25) is 0 Å². The van der Waals surface area contributed by atoms with Crippen LogP contribution >= 0.6 is 0 Å². The number of carbonyl (C=O) groups excluding carboxylic acids is 2. The average Bonchev–Trinajstić information content (AvgIpc) is 2.58. The van der Waals surface area contributed by atoms with Crippen LogP contribution in [-0.2, 0) is 11.8 Å². The lowest BCUT2D eigenvalue weighted by Crippen LogP contribution is -2.38. The molecular weight excluding hydrogens is 206 g/mol. The van der Waals surface area contributed by atoms with E-state index in [9.17, 15) is 9.59 Å². The van der Waals surface area contributed by atoms with Crippen LogP contribution in [-0.4, -0.2) is 27.5 Å². The molecule has 1 N–H and O–H groups in total. The van der Waals surface area contributed by atoms with Crippen LogP contribution in [0.3, 0.4) is 0 Å². The van der Waals surface area contributed by atoms with Gasteiger partial charge in [-0.3, -0.25) is 14.3 Å². The molecule has 0 saturated carbocycles. The van der Waals surface area contributed by atoms with Gasteiger partial charge in [-0.25, -0.2) is 0 Å². The van der Waals surface area contributed by atoms with Gasteiger partial charge in [-0.1, -0.05) is 6.92 Å². The first kappa shape index (κ1) is 12.4. The van der Waals surface area contributed by atoms with E-state index in [-0.39, 0.29) is 11.7 Å². The summed E-state index contributed by atoms with van der Waals surface area (Å²) >= 11 is 0. The van der Waals surface area contributed by atoms with Crippen molar-refractivity contribution in [1.82, 2.24) is 15.1 Å². The first-order valence-electron chi connectivity index (χ1n) is 5.29. The molecule has 0 fully saturated rings. The maximum Gasteiger partial charge on any atom is 0.255 e. The predicted molar refractivity (Wildman–Crippen MR) is 60.2 cm³/mol. The molecule has 1 aromatic heterocycles. The number of hydrogen-bond acceptors (Lipinski definition) is 3. The Kier molecular flexibility index (Phi) is 3.82. The summed E-state index contributed by atoms with van der Waals surface area (Å²) in [6.45, 7) is 5.28. The van der Waals surface area contributed by atoms with E-state index in [0.717, 1.165) is 5.69 Å². The SMILES string of the molecule is CCC(=O)C(C)NC(=O)c1cnn(C)c1C. The highest BCUT2D eigenvalue weighted by Crippen LogP contribution is 2.05. The maximum absolute atomic E-state index is 11.8. The largest absolute Gasteiger partial charge is 0.342 e. The predicted octanol–water partition coefficient (Wildman–Crippen LogP) is 0.826. The van der Waals surface area contributed by atoms with E-state index in [4.69, 9.17) is 0 Å². The summed E-state index contributed by atoms with van der Waals surface area (Å²) in [6, 6.07) is -0.447. The number of hydrogen-bond donors (Lipinski definition) is 1. The van der Waals surface area contributed by atoms with Crippen molar-refractivity contribution in [2.75, 3.05) is 0 Å². The van der Waals surface area contributed by atoms with Crippen molar-refractivity contribution < 1.29 is 9.59 Å². The Morgan fingerprint density at radius 1 is 1.56 bits per heavy atom. The molecule has 0 radical (unpaired) electrons. The number of ketones is 1. The Labute approximate surface area is 94.8 Å². The monoisotopic (exact) mass is 223 g/mol. The lowest BCUT2D eigenvalue weighted by molar-refractivity contribution is -0.120. The standard InChI is InChI=1S/C11H17N3O2/c1-5-10(15)7(2)13-11(16)9-6-12-14(4)8(9)3/h6-7H,5H2,1-4H3,(H,13,16). The van der Waals surface area contributed by atoms with E-state index in [2.05, 4.69) is 10.4 Å². The van der Waals surface area contributed by atoms with Crippen molar-refractivity contribution in [1.29, 1.82) is 0 Å². The van der Waals surface area contributed by atoms with Gasteiger partial charge in [-0.15, -0.1) is 0 Å². The topological polar surface area (TPSA) is 64.0 Å². The Balaban J connectivity index is 2.73. The van der Waals surface area contributed by atoms with Crippen molar-refractivity contribution in [3.05, 3.63) is 17.5 Å². The van der Waals surface area contributed by atoms with E-state index in [0.29, 0.717) is 12.0 Å². The molecule has 1 rings (SSSR count). The van der Waals surface area contributed by atoms with Crippen molar-refractivity contribution in [2.24, 2.45) is 7.05 Å². The number of amides is 1. The molecule has 0 aliphatic carbocycles. The summed E-state index contributed by atoms with van der Waals surface area (Å²) in [5, 5.41) is 6.64. The van der Waals surface area contributed by atoms with Crippen LogP contribution in [0.2, 0.25) is 0 Å². The van der Waals surface area contributed by atoms with Crippen LogP contribution in [0.15, 0.2) is 6.20 Å². The summed E-state index contributed by atoms with van der Waals surface area (Å²) in [5.41, 5.74) is 1.30. The van der Waals surface area contributed by atoms with E-state index in [1.165, 1.54) is 6.20 Å². The summed E-state index contributed by atoms with van der Waals surface area (Å²) in [6.07, 6.45) is 1.93. The molecule has 0 aromatic carbocycles. The third-order valence-electron chi connectivity index (χ3n) is 2.66. The first-order valence-corrected chi connectivity index (χ1v) is 5.29. The number of nitrogens with one attached hydrogen (secondary N) is 1. The number of aromatic nitrogens is 2. The minimum absolute atomic E-state index is 0.0230. The minimum Gasteiger partial charge on any atom is -0.342 e. The van der Waals surface area contributed by atoms with Gasteiger partial charge in [0.25, 0.3) is 5.91 Å². The molecular formula is C11H17N3O2. The van der Waals surface area contributed by atoms with Gasteiger partial charge in [0, 0.05) is 19.2 Å². The van der Waals surface area contributed by atoms with Gasteiger partial charge in [0.15, 0.2) is 5.78 Å². The molecule has 0 aliphatic rings. The quantitative estimate of drug-likeness (QED) is 0.822. The first-order chi connectivity index (χ1) is 7.47.